The lowest BCUT2D eigenvalue weighted by atomic mass is 10.2. The molecule has 2 aromatic carbocycles. The lowest BCUT2D eigenvalue weighted by Gasteiger charge is -2.16. The van der Waals surface area contributed by atoms with Gasteiger partial charge in [-0.1, -0.05) is 42.1 Å². The van der Waals surface area contributed by atoms with Crippen LogP contribution in [0.25, 0.3) is 16.6 Å². The summed E-state index contributed by atoms with van der Waals surface area (Å²) >= 11 is 1.60. The van der Waals surface area contributed by atoms with Gasteiger partial charge in [0.25, 0.3) is 5.56 Å². The van der Waals surface area contributed by atoms with Crippen molar-refractivity contribution >= 4 is 22.7 Å². The molecule has 1 fully saturated rings. The highest BCUT2D eigenvalue weighted by Gasteiger charge is 2.19. The standard InChI is InChI=1S/C20H20N2O2S/c1-14-7-2-5-11-18(14)22-19(23)16-9-3-4-10-17(16)21-20(22)25-13-15-8-6-12-24-15/h2-5,7,9-11,15H,6,8,12-13H2,1H3/t15-/m0/s1. The van der Waals surface area contributed by atoms with Gasteiger partial charge in [0.05, 0.1) is 22.7 Å². The molecule has 0 spiro atoms. The lowest BCUT2D eigenvalue weighted by Crippen LogP contribution is -2.23. The summed E-state index contributed by atoms with van der Waals surface area (Å²) in [6.07, 6.45) is 2.44. The van der Waals surface area contributed by atoms with E-state index in [2.05, 4.69) is 0 Å². The Morgan fingerprint density at radius 1 is 1.20 bits per heavy atom. The minimum Gasteiger partial charge on any atom is -0.377 e. The number of aromatic nitrogens is 2. The van der Waals surface area contributed by atoms with Crippen LogP contribution in [0.5, 0.6) is 0 Å². The van der Waals surface area contributed by atoms with Gasteiger partial charge >= 0.3 is 0 Å². The number of benzene rings is 2. The molecule has 3 aromatic rings. The Morgan fingerprint density at radius 2 is 2.00 bits per heavy atom. The maximum atomic E-state index is 13.2. The second-order valence-corrected chi connectivity index (χ2v) is 7.27. The summed E-state index contributed by atoms with van der Waals surface area (Å²) in [5, 5.41) is 1.38. The molecule has 128 valence electrons. The zero-order valence-corrected chi connectivity index (χ0v) is 15.0. The third-order valence-electron chi connectivity index (χ3n) is 4.52. The van der Waals surface area contributed by atoms with Crippen molar-refractivity contribution in [3.8, 4) is 5.69 Å². The first-order valence-electron chi connectivity index (χ1n) is 8.56. The van der Waals surface area contributed by atoms with Crippen molar-refractivity contribution in [1.82, 2.24) is 9.55 Å². The maximum Gasteiger partial charge on any atom is 0.266 e. The fraction of sp³-hybridized carbons (Fsp3) is 0.300. The average molecular weight is 352 g/mol. The summed E-state index contributed by atoms with van der Waals surface area (Å²) in [6.45, 7) is 2.85. The van der Waals surface area contributed by atoms with Gasteiger partial charge in [-0.15, -0.1) is 0 Å². The molecule has 0 unspecified atom stereocenters. The Labute approximate surface area is 150 Å². The van der Waals surface area contributed by atoms with Crippen LogP contribution in [-0.2, 0) is 4.74 Å². The summed E-state index contributed by atoms with van der Waals surface area (Å²) in [7, 11) is 0. The molecule has 0 radical (unpaired) electrons. The molecule has 5 heteroatoms. The number of hydrogen-bond donors (Lipinski definition) is 0. The molecule has 0 bridgehead atoms. The molecular formula is C20H20N2O2S. The Hall–Kier alpha value is -2.11. The summed E-state index contributed by atoms with van der Waals surface area (Å²) in [6, 6.07) is 15.5. The Kier molecular flexibility index (Phi) is 4.59. The van der Waals surface area contributed by atoms with Crippen molar-refractivity contribution < 1.29 is 4.74 Å². The monoisotopic (exact) mass is 352 g/mol. The molecule has 0 aliphatic carbocycles. The predicted octanol–water partition coefficient (Wildman–Crippen LogP) is 3.97. The highest BCUT2D eigenvalue weighted by Crippen LogP contribution is 2.26. The zero-order valence-electron chi connectivity index (χ0n) is 14.1. The normalized spacial score (nSPS) is 17.2. The van der Waals surface area contributed by atoms with Crippen LogP contribution in [-0.4, -0.2) is 28.0 Å². The second kappa shape index (κ2) is 7.02. The number of aryl methyl sites for hydroxylation is 1. The first-order valence-corrected chi connectivity index (χ1v) is 9.55. The first kappa shape index (κ1) is 16.4. The van der Waals surface area contributed by atoms with Crippen LogP contribution >= 0.6 is 11.8 Å². The molecule has 25 heavy (non-hydrogen) atoms. The highest BCUT2D eigenvalue weighted by molar-refractivity contribution is 7.99. The van der Waals surface area contributed by atoms with Crippen LogP contribution in [0.15, 0.2) is 58.5 Å². The van der Waals surface area contributed by atoms with E-state index in [1.54, 1.807) is 16.3 Å². The van der Waals surface area contributed by atoms with Gasteiger partial charge in [-0.25, -0.2) is 4.98 Å². The molecule has 4 rings (SSSR count). The highest BCUT2D eigenvalue weighted by atomic mass is 32.2. The van der Waals surface area contributed by atoms with Crippen molar-refractivity contribution in [3.05, 3.63) is 64.4 Å². The van der Waals surface area contributed by atoms with E-state index >= 15 is 0 Å². The molecule has 1 atom stereocenters. The number of nitrogens with zero attached hydrogens (tertiary/aromatic N) is 2. The number of para-hydroxylation sites is 2. The van der Waals surface area contributed by atoms with Crippen LogP contribution < -0.4 is 5.56 Å². The van der Waals surface area contributed by atoms with E-state index in [0.717, 1.165) is 47.1 Å². The van der Waals surface area contributed by atoms with Crippen molar-refractivity contribution in [2.24, 2.45) is 0 Å². The van der Waals surface area contributed by atoms with Gasteiger partial charge in [-0.3, -0.25) is 9.36 Å². The molecule has 1 aromatic heterocycles. The molecule has 2 heterocycles. The van der Waals surface area contributed by atoms with Gasteiger partial charge < -0.3 is 4.74 Å². The molecule has 0 amide bonds. The van der Waals surface area contributed by atoms with Crippen LogP contribution in [0.4, 0.5) is 0 Å². The molecule has 0 saturated carbocycles. The summed E-state index contributed by atoms with van der Waals surface area (Å²) in [4.78, 5) is 18.0. The van der Waals surface area contributed by atoms with E-state index < -0.39 is 0 Å². The molecular weight excluding hydrogens is 332 g/mol. The molecule has 0 N–H and O–H groups in total. The number of rotatable bonds is 4. The third-order valence-corrected chi connectivity index (χ3v) is 5.59. The minimum absolute atomic E-state index is 0.0188. The summed E-state index contributed by atoms with van der Waals surface area (Å²) in [5.41, 5.74) is 2.67. The fourth-order valence-electron chi connectivity index (χ4n) is 3.18. The fourth-order valence-corrected chi connectivity index (χ4v) is 4.25. The van der Waals surface area contributed by atoms with Gasteiger partial charge in [-0.05, 0) is 43.5 Å². The van der Waals surface area contributed by atoms with Crippen LogP contribution in [0.1, 0.15) is 18.4 Å². The topological polar surface area (TPSA) is 44.1 Å². The van der Waals surface area contributed by atoms with E-state index in [4.69, 9.17) is 9.72 Å². The minimum atomic E-state index is -0.0188. The number of thioether (sulfide) groups is 1. The van der Waals surface area contributed by atoms with Gasteiger partial charge in [0.2, 0.25) is 0 Å². The largest absolute Gasteiger partial charge is 0.377 e. The molecule has 4 nitrogen and oxygen atoms in total. The van der Waals surface area contributed by atoms with E-state index in [9.17, 15) is 4.79 Å². The van der Waals surface area contributed by atoms with E-state index in [0.29, 0.717) is 5.39 Å². The van der Waals surface area contributed by atoms with Crippen molar-refractivity contribution in [2.75, 3.05) is 12.4 Å². The SMILES string of the molecule is Cc1ccccc1-n1c(SC[C@@H]2CCCO2)nc2ccccc2c1=O. The van der Waals surface area contributed by atoms with Crippen molar-refractivity contribution in [2.45, 2.75) is 31.0 Å². The third kappa shape index (κ3) is 3.22. The summed E-state index contributed by atoms with van der Waals surface area (Å²) in [5.74, 6) is 0.816. The Bertz CT molecular complexity index is 961. The first-order chi connectivity index (χ1) is 12.2. The maximum absolute atomic E-state index is 13.2. The van der Waals surface area contributed by atoms with Crippen molar-refractivity contribution in [1.29, 1.82) is 0 Å². The van der Waals surface area contributed by atoms with Gasteiger partial charge in [0, 0.05) is 12.4 Å². The van der Waals surface area contributed by atoms with Crippen LogP contribution in [0.3, 0.4) is 0 Å². The van der Waals surface area contributed by atoms with E-state index in [1.165, 1.54) is 0 Å². The molecule has 1 saturated heterocycles. The van der Waals surface area contributed by atoms with Gasteiger partial charge in [0.15, 0.2) is 5.16 Å². The molecule has 1 aliphatic rings. The number of hydrogen-bond acceptors (Lipinski definition) is 4. The Morgan fingerprint density at radius 3 is 2.80 bits per heavy atom. The Balaban J connectivity index is 1.85. The smallest absolute Gasteiger partial charge is 0.266 e. The molecule has 1 aliphatic heterocycles. The predicted molar refractivity (Wildman–Crippen MR) is 102 cm³/mol. The zero-order chi connectivity index (χ0) is 17.2. The van der Waals surface area contributed by atoms with Gasteiger partial charge in [0.1, 0.15) is 0 Å². The quantitative estimate of drug-likeness (QED) is 0.526. The van der Waals surface area contributed by atoms with E-state index in [-0.39, 0.29) is 11.7 Å². The van der Waals surface area contributed by atoms with Crippen molar-refractivity contribution in [3.63, 3.8) is 0 Å². The average Bonchev–Trinajstić information content (AvgIpc) is 3.15. The second-order valence-electron chi connectivity index (χ2n) is 6.28. The summed E-state index contributed by atoms with van der Waals surface area (Å²) < 4.78 is 7.47. The van der Waals surface area contributed by atoms with Gasteiger partial charge in [-0.2, -0.15) is 0 Å². The van der Waals surface area contributed by atoms with Crippen LogP contribution in [0.2, 0.25) is 0 Å². The number of ether oxygens (including phenoxy) is 1. The van der Waals surface area contributed by atoms with E-state index in [1.807, 2.05) is 55.5 Å². The number of fused-ring (bicyclic) bond motifs is 1. The lowest BCUT2D eigenvalue weighted by molar-refractivity contribution is 0.129. The van der Waals surface area contributed by atoms with Crippen LogP contribution in [0, 0.1) is 6.92 Å².